The fourth-order valence-electron chi connectivity index (χ4n) is 12.7. The fraction of sp³-hybridized carbons (Fsp3) is 0.456. The number of fused-ring (bicyclic) bond motifs is 6. The first kappa shape index (κ1) is 49.4. The van der Waals surface area contributed by atoms with Crippen LogP contribution >= 0.6 is 0 Å². The highest BCUT2D eigenvalue weighted by atomic mass is 19.1. The van der Waals surface area contributed by atoms with E-state index in [1.165, 1.54) is 15.2 Å². The minimum Gasteiger partial charge on any atom is -0.461 e. The van der Waals surface area contributed by atoms with E-state index < -0.39 is 23.6 Å². The molecule has 5 atom stereocenters. The molecule has 6 aliphatic heterocycles. The Kier molecular flexibility index (Phi) is 13.2. The maximum Gasteiger partial charge on any atom is 0.410 e. The molecule has 17 nitrogen and oxygen atoms in total. The van der Waals surface area contributed by atoms with Gasteiger partial charge in [0.25, 0.3) is 0 Å². The summed E-state index contributed by atoms with van der Waals surface area (Å²) in [7, 11) is 1.64. The molecule has 6 fully saturated rings. The summed E-state index contributed by atoms with van der Waals surface area (Å²) in [6.07, 6.45) is 14.5. The summed E-state index contributed by atoms with van der Waals surface area (Å²) in [5.74, 6) is 7.17. The van der Waals surface area contributed by atoms with E-state index in [1.807, 2.05) is 12.1 Å². The largest absolute Gasteiger partial charge is 0.461 e. The summed E-state index contributed by atoms with van der Waals surface area (Å²) in [4.78, 5) is 72.2. The van der Waals surface area contributed by atoms with E-state index in [0.29, 0.717) is 96.1 Å². The van der Waals surface area contributed by atoms with E-state index >= 15 is 8.78 Å². The third-order valence-corrected chi connectivity index (χ3v) is 16.6. The van der Waals surface area contributed by atoms with E-state index in [4.69, 9.17) is 30.6 Å². The number of halogens is 2. The Balaban J connectivity index is 0.695. The molecular formula is C57H58F2N10O7. The standard InChI is InChI=1S/C57H58F2N10O7/c1-3-40-43(58)18-15-34-9-4-13-41(47(34)40)49-48(59)50-42(29-60-49)52(67-30-36-16-17-37(31-67)61-36)64-54(63-50)75-33-57-23-6-12-39(32-68(57)25-8-24-57)76-56(73)66-26-21-38(22-27-66)74-28-7-11-35-10-5-14-44-51(35)65(2)55(72)69(44)45-19-20-46(70)62-53(45)71/h1,4-5,9-10,13-15,18,29,36-39,45,61H,6,8,12,16-17,19-28,30-33H2,2H3,(H,62,70,71)/t36?,37?,39?,45?,57-/m1/s1. The van der Waals surface area contributed by atoms with Gasteiger partial charge in [0.15, 0.2) is 5.82 Å². The molecule has 0 aliphatic carbocycles. The second-order valence-electron chi connectivity index (χ2n) is 21.1. The number of rotatable bonds is 9. The molecule has 2 bridgehead atoms. The normalized spacial score (nSPS) is 24.0. The third kappa shape index (κ3) is 9.07. The lowest BCUT2D eigenvalue weighted by molar-refractivity contribution is -0.135. The Morgan fingerprint density at radius 2 is 1.71 bits per heavy atom. The Morgan fingerprint density at radius 3 is 2.51 bits per heavy atom. The Morgan fingerprint density at radius 1 is 0.908 bits per heavy atom. The summed E-state index contributed by atoms with van der Waals surface area (Å²) < 4.78 is 54.2. The number of terminal acetylenes is 1. The number of hydrogen-bond acceptors (Lipinski definition) is 13. The maximum absolute atomic E-state index is 17.2. The molecule has 76 heavy (non-hydrogen) atoms. The van der Waals surface area contributed by atoms with Crippen LogP contribution in [0.15, 0.2) is 59.5 Å². The van der Waals surface area contributed by atoms with Gasteiger partial charge in [-0.1, -0.05) is 48.1 Å². The number of piperidine rings is 2. The molecule has 2 N–H and O–H groups in total. The van der Waals surface area contributed by atoms with Crippen LogP contribution in [-0.2, 0) is 26.1 Å². The zero-order valence-corrected chi connectivity index (χ0v) is 42.3. The van der Waals surface area contributed by atoms with Crippen molar-refractivity contribution in [3.63, 3.8) is 0 Å². The van der Waals surface area contributed by atoms with Gasteiger partial charge >= 0.3 is 17.8 Å². The van der Waals surface area contributed by atoms with Crippen molar-refractivity contribution in [1.29, 1.82) is 0 Å². The van der Waals surface area contributed by atoms with Gasteiger partial charge in [-0.25, -0.2) is 18.4 Å². The lowest BCUT2D eigenvalue weighted by Crippen LogP contribution is -2.51. The zero-order chi connectivity index (χ0) is 52.2. The van der Waals surface area contributed by atoms with Gasteiger partial charge in [-0.15, -0.1) is 6.42 Å². The molecule has 3 aromatic carbocycles. The number of likely N-dealkylation sites (tertiary alicyclic amines) is 1. The fourth-order valence-corrected chi connectivity index (χ4v) is 12.7. The van der Waals surface area contributed by atoms with Gasteiger partial charge in [0.1, 0.15) is 48.2 Å². The smallest absolute Gasteiger partial charge is 0.410 e. The number of benzene rings is 3. The predicted molar refractivity (Wildman–Crippen MR) is 279 cm³/mol. The maximum atomic E-state index is 17.2. The number of ether oxygens (including phenoxy) is 3. The highest BCUT2D eigenvalue weighted by Gasteiger charge is 2.45. The second-order valence-corrected chi connectivity index (χ2v) is 21.1. The first-order valence-corrected chi connectivity index (χ1v) is 26.5. The molecule has 19 heteroatoms. The minimum atomic E-state index is -0.786. The monoisotopic (exact) mass is 1030 g/mol. The van der Waals surface area contributed by atoms with Gasteiger partial charge in [0.2, 0.25) is 11.8 Å². The van der Waals surface area contributed by atoms with E-state index in [-0.39, 0.29) is 96.4 Å². The van der Waals surface area contributed by atoms with Crippen LogP contribution < -0.4 is 26.0 Å². The molecule has 392 valence electrons. The van der Waals surface area contributed by atoms with Crippen LogP contribution in [0, 0.1) is 35.8 Å². The number of para-hydroxylation sites is 1. The molecule has 3 amide bonds. The van der Waals surface area contributed by atoms with Gasteiger partial charge in [-0.2, -0.15) is 9.97 Å². The molecule has 0 saturated carbocycles. The van der Waals surface area contributed by atoms with Crippen molar-refractivity contribution in [2.75, 3.05) is 57.4 Å². The Labute approximate surface area is 437 Å². The number of aryl methyl sites for hydroxylation is 1. The zero-order valence-electron chi connectivity index (χ0n) is 42.3. The SMILES string of the molecule is C#Cc1c(F)ccc2cccc(-c3ncc4c(N5CC6CCC(C5)N6)nc(OC[C@]56CCCC(OC(=O)N7CCC(OCC#Cc8cccc9c8n(C)c(=O)n9C8CCC(=O)NC8=O)CC7)CN5CCC6)nc4c3F)c12. The van der Waals surface area contributed by atoms with Gasteiger partial charge < -0.3 is 29.3 Å². The molecule has 3 aromatic heterocycles. The van der Waals surface area contributed by atoms with Gasteiger partial charge in [-0.05, 0) is 94.3 Å². The molecule has 4 unspecified atom stereocenters. The second kappa shape index (κ2) is 20.2. The van der Waals surface area contributed by atoms with Gasteiger partial charge in [0, 0.05) is 75.4 Å². The summed E-state index contributed by atoms with van der Waals surface area (Å²) in [5, 5.41) is 7.53. The lowest BCUT2D eigenvalue weighted by atomic mass is 9.91. The summed E-state index contributed by atoms with van der Waals surface area (Å²) in [6, 6.07) is 13.4. The summed E-state index contributed by atoms with van der Waals surface area (Å²) in [6.45, 7) is 4.13. The van der Waals surface area contributed by atoms with Gasteiger partial charge in [0.05, 0.1) is 39.2 Å². The first-order valence-electron chi connectivity index (χ1n) is 26.5. The van der Waals surface area contributed by atoms with Crippen molar-refractivity contribution < 1.29 is 37.4 Å². The quantitative estimate of drug-likeness (QED) is 0.125. The average Bonchev–Trinajstić information content (AvgIpc) is 4.12. The lowest BCUT2D eigenvalue weighted by Gasteiger charge is -2.38. The van der Waals surface area contributed by atoms with Crippen LogP contribution in [0.25, 0.3) is 44.0 Å². The number of pyridine rings is 1. The Hall–Kier alpha value is -7.45. The molecule has 9 heterocycles. The van der Waals surface area contributed by atoms with Crippen LogP contribution in [-0.4, -0.2) is 134 Å². The predicted octanol–water partition coefficient (Wildman–Crippen LogP) is 6.11. The van der Waals surface area contributed by atoms with Crippen LogP contribution in [0.4, 0.5) is 19.4 Å². The van der Waals surface area contributed by atoms with Crippen molar-refractivity contribution in [2.24, 2.45) is 7.05 Å². The molecule has 12 rings (SSSR count). The van der Waals surface area contributed by atoms with Crippen molar-refractivity contribution in [1.82, 2.24) is 44.5 Å². The van der Waals surface area contributed by atoms with Crippen molar-refractivity contribution >= 4 is 56.4 Å². The van der Waals surface area contributed by atoms with E-state index in [9.17, 15) is 19.2 Å². The van der Waals surface area contributed by atoms with Crippen molar-refractivity contribution in [3.8, 4) is 41.5 Å². The molecule has 6 saturated heterocycles. The van der Waals surface area contributed by atoms with Gasteiger partial charge in [-0.3, -0.25) is 33.9 Å². The highest BCUT2D eigenvalue weighted by molar-refractivity contribution is 6.02. The van der Waals surface area contributed by atoms with E-state index in [2.05, 4.69) is 43.2 Å². The van der Waals surface area contributed by atoms with E-state index in [0.717, 1.165) is 45.1 Å². The molecule has 0 spiro atoms. The van der Waals surface area contributed by atoms with Crippen molar-refractivity contribution in [2.45, 2.75) is 107 Å². The van der Waals surface area contributed by atoms with Crippen molar-refractivity contribution in [3.05, 3.63) is 88.0 Å². The van der Waals surface area contributed by atoms with Crippen LogP contribution in [0.2, 0.25) is 0 Å². The number of hydrogen-bond donors (Lipinski definition) is 2. The molecule has 6 aromatic rings. The summed E-state index contributed by atoms with van der Waals surface area (Å²) >= 11 is 0. The van der Waals surface area contributed by atoms with Crippen LogP contribution in [0.3, 0.4) is 0 Å². The number of piperazine rings is 1. The summed E-state index contributed by atoms with van der Waals surface area (Å²) in [5.41, 5.74) is 1.53. The average molecular weight is 1030 g/mol. The minimum absolute atomic E-state index is 0.00491. The number of anilines is 1. The molecular weight excluding hydrogens is 975 g/mol. The topological polar surface area (TPSA) is 178 Å². The highest BCUT2D eigenvalue weighted by Crippen LogP contribution is 2.41. The number of carbonyl (C=O) groups is 3. The van der Waals surface area contributed by atoms with Crippen LogP contribution in [0.5, 0.6) is 6.01 Å². The number of imide groups is 1. The number of amides is 3. The molecule has 0 radical (unpaired) electrons. The number of nitrogens with one attached hydrogen (secondary N) is 2. The van der Waals surface area contributed by atoms with E-state index in [1.54, 1.807) is 48.5 Å². The Bertz CT molecular complexity index is 3490. The number of carbonyl (C=O) groups excluding carboxylic acids is 3. The number of nitrogens with zero attached hydrogens (tertiary/aromatic N) is 8. The molecule has 6 aliphatic rings. The number of aromatic nitrogens is 5. The number of imidazole rings is 1. The first-order chi connectivity index (χ1) is 36.9. The third-order valence-electron chi connectivity index (χ3n) is 16.6. The van der Waals surface area contributed by atoms with Crippen LogP contribution in [0.1, 0.15) is 87.8 Å².